The van der Waals surface area contributed by atoms with Gasteiger partial charge in [0.2, 0.25) is 0 Å². The van der Waals surface area contributed by atoms with Gasteiger partial charge in [0, 0.05) is 0 Å². The standard InChI is InChI=1S/C5H8O3S/c1-3(5(7)9)4(6)8-2/h3H,1-2H3,(H,7,9). The molecule has 9 heavy (non-hydrogen) atoms. The van der Waals surface area contributed by atoms with Crippen molar-refractivity contribution in [3.05, 3.63) is 0 Å². The molecule has 0 saturated carbocycles. The minimum atomic E-state index is -0.752. The number of thiol groups is 1. The Labute approximate surface area is 58.8 Å². The lowest BCUT2D eigenvalue weighted by Crippen LogP contribution is -2.18. The van der Waals surface area contributed by atoms with Crippen LogP contribution in [0.1, 0.15) is 6.92 Å². The zero-order chi connectivity index (χ0) is 7.44. The first kappa shape index (κ1) is 8.49. The molecule has 0 heterocycles. The Balaban J connectivity index is 3.88. The molecular weight excluding hydrogens is 140 g/mol. The van der Waals surface area contributed by atoms with Gasteiger partial charge in [-0.15, -0.1) is 12.6 Å². The highest BCUT2D eigenvalue weighted by atomic mass is 32.1. The molecule has 0 rings (SSSR count). The number of carbonyl (C=O) groups excluding carboxylic acids is 2. The average Bonchev–Trinajstić information content (AvgIpc) is 1.84. The SMILES string of the molecule is COC(=O)C(C)C(=O)S. The van der Waals surface area contributed by atoms with Crippen LogP contribution in [0.2, 0.25) is 0 Å². The molecule has 0 aliphatic carbocycles. The third-order valence-electron chi connectivity index (χ3n) is 0.925. The van der Waals surface area contributed by atoms with Gasteiger partial charge in [0.25, 0.3) is 0 Å². The zero-order valence-corrected chi connectivity index (χ0v) is 6.14. The maximum Gasteiger partial charge on any atom is 0.316 e. The lowest BCUT2D eigenvalue weighted by molar-refractivity contribution is -0.146. The maximum atomic E-state index is 10.5. The summed E-state index contributed by atoms with van der Waals surface area (Å²) in [5.74, 6) is -1.30. The zero-order valence-electron chi connectivity index (χ0n) is 5.25. The summed E-state index contributed by atoms with van der Waals surface area (Å²) in [6.45, 7) is 1.45. The van der Waals surface area contributed by atoms with Gasteiger partial charge < -0.3 is 4.74 Å². The molecule has 0 aliphatic heterocycles. The Kier molecular flexibility index (Phi) is 3.30. The van der Waals surface area contributed by atoms with E-state index in [1.165, 1.54) is 14.0 Å². The molecule has 0 aromatic carbocycles. The van der Waals surface area contributed by atoms with Crippen LogP contribution in [-0.2, 0) is 14.3 Å². The summed E-state index contributed by atoms with van der Waals surface area (Å²) in [5, 5.41) is -0.471. The van der Waals surface area contributed by atoms with Gasteiger partial charge in [-0.3, -0.25) is 9.59 Å². The van der Waals surface area contributed by atoms with E-state index < -0.39 is 17.0 Å². The molecule has 1 atom stereocenters. The van der Waals surface area contributed by atoms with Crippen LogP contribution in [0.15, 0.2) is 0 Å². The van der Waals surface area contributed by atoms with Crippen LogP contribution in [0.5, 0.6) is 0 Å². The number of carbonyl (C=O) groups is 2. The van der Waals surface area contributed by atoms with Crippen LogP contribution in [0.3, 0.4) is 0 Å². The number of rotatable bonds is 2. The van der Waals surface area contributed by atoms with E-state index in [2.05, 4.69) is 17.4 Å². The molecule has 0 saturated heterocycles. The summed E-state index contributed by atoms with van der Waals surface area (Å²) in [6, 6.07) is 0. The van der Waals surface area contributed by atoms with Gasteiger partial charge >= 0.3 is 5.97 Å². The second-order valence-electron chi connectivity index (χ2n) is 1.58. The molecule has 0 spiro atoms. The fraction of sp³-hybridized carbons (Fsp3) is 0.600. The van der Waals surface area contributed by atoms with Crippen molar-refractivity contribution in [1.82, 2.24) is 0 Å². The topological polar surface area (TPSA) is 43.4 Å². The Morgan fingerprint density at radius 1 is 1.56 bits per heavy atom. The fourth-order valence-electron chi connectivity index (χ4n) is 0.278. The summed E-state index contributed by atoms with van der Waals surface area (Å²) in [5.41, 5.74) is 0. The van der Waals surface area contributed by atoms with Gasteiger partial charge in [-0.1, -0.05) is 0 Å². The van der Waals surface area contributed by atoms with Crippen LogP contribution >= 0.6 is 12.6 Å². The Morgan fingerprint density at radius 3 is 2.11 bits per heavy atom. The molecule has 52 valence electrons. The monoisotopic (exact) mass is 148 g/mol. The third kappa shape index (κ3) is 2.51. The van der Waals surface area contributed by atoms with E-state index in [9.17, 15) is 9.59 Å². The number of hydrogen-bond donors (Lipinski definition) is 1. The van der Waals surface area contributed by atoms with Crippen molar-refractivity contribution in [2.75, 3.05) is 7.11 Å². The molecule has 0 aromatic heterocycles. The van der Waals surface area contributed by atoms with Crippen molar-refractivity contribution < 1.29 is 14.3 Å². The first-order valence-corrected chi connectivity index (χ1v) is 2.85. The summed E-state index contributed by atoms with van der Waals surface area (Å²) in [4.78, 5) is 20.8. The maximum absolute atomic E-state index is 10.5. The Hall–Kier alpha value is -0.510. The summed E-state index contributed by atoms with van der Waals surface area (Å²) < 4.78 is 4.26. The van der Waals surface area contributed by atoms with E-state index >= 15 is 0 Å². The fourth-order valence-corrected chi connectivity index (χ4v) is 0.383. The number of ether oxygens (including phenoxy) is 1. The molecule has 0 N–H and O–H groups in total. The average molecular weight is 148 g/mol. The van der Waals surface area contributed by atoms with E-state index in [0.29, 0.717) is 0 Å². The van der Waals surface area contributed by atoms with Crippen molar-refractivity contribution in [1.29, 1.82) is 0 Å². The minimum absolute atomic E-state index is 0.471. The first-order valence-electron chi connectivity index (χ1n) is 2.40. The van der Waals surface area contributed by atoms with Gasteiger partial charge in [-0.05, 0) is 6.92 Å². The van der Waals surface area contributed by atoms with Crippen molar-refractivity contribution in [3.8, 4) is 0 Å². The highest BCUT2D eigenvalue weighted by molar-refractivity contribution is 7.96. The van der Waals surface area contributed by atoms with E-state index in [1.807, 2.05) is 0 Å². The first-order chi connectivity index (χ1) is 4.09. The molecule has 4 heteroatoms. The predicted molar refractivity (Wildman–Crippen MR) is 35.2 cm³/mol. The van der Waals surface area contributed by atoms with Crippen LogP contribution in [-0.4, -0.2) is 18.2 Å². The van der Waals surface area contributed by atoms with E-state index in [1.54, 1.807) is 0 Å². The molecule has 0 radical (unpaired) electrons. The van der Waals surface area contributed by atoms with E-state index in [4.69, 9.17) is 0 Å². The molecule has 3 nitrogen and oxygen atoms in total. The van der Waals surface area contributed by atoms with Crippen LogP contribution in [0.25, 0.3) is 0 Å². The van der Waals surface area contributed by atoms with Crippen LogP contribution in [0, 0.1) is 5.92 Å². The molecule has 0 fully saturated rings. The lowest BCUT2D eigenvalue weighted by atomic mass is 10.2. The normalized spacial score (nSPS) is 12.3. The van der Waals surface area contributed by atoms with Crippen molar-refractivity contribution >= 4 is 23.7 Å². The predicted octanol–water partition coefficient (Wildman–Crippen LogP) is 0.252. The van der Waals surface area contributed by atoms with Gasteiger partial charge in [-0.25, -0.2) is 0 Å². The second kappa shape index (κ2) is 3.50. The van der Waals surface area contributed by atoms with Gasteiger partial charge in [0.05, 0.1) is 7.11 Å². The van der Waals surface area contributed by atoms with E-state index in [0.717, 1.165) is 0 Å². The summed E-state index contributed by atoms with van der Waals surface area (Å²) in [6.07, 6.45) is 0. The summed E-state index contributed by atoms with van der Waals surface area (Å²) >= 11 is 3.45. The molecule has 0 aromatic rings. The van der Waals surface area contributed by atoms with Crippen LogP contribution < -0.4 is 0 Å². The van der Waals surface area contributed by atoms with Gasteiger partial charge in [0.1, 0.15) is 5.92 Å². The number of methoxy groups -OCH3 is 1. The lowest BCUT2D eigenvalue weighted by Gasteiger charge is -2.01. The Bertz CT molecular complexity index is 132. The third-order valence-corrected chi connectivity index (χ3v) is 1.31. The summed E-state index contributed by atoms with van der Waals surface area (Å²) in [7, 11) is 1.23. The molecular formula is C5H8O3S. The highest BCUT2D eigenvalue weighted by Crippen LogP contribution is 2.01. The largest absolute Gasteiger partial charge is 0.468 e. The quantitative estimate of drug-likeness (QED) is 0.347. The molecule has 0 bridgehead atoms. The number of hydrogen-bond acceptors (Lipinski definition) is 3. The Morgan fingerprint density at radius 2 is 2.00 bits per heavy atom. The second-order valence-corrected chi connectivity index (χ2v) is 2.02. The molecule has 0 aliphatic rings. The van der Waals surface area contributed by atoms with Crippen molar-refractivity contribution in [2.24, 2.45) is 5.92 Å². The molecule has 1 unspecified atom stereocenters. The van der Waals surface area contributed by atoms with Gasteiger partial charge in [-0.2, -0.15) is 0 Å². The number of esters is 1. The minimum Gasteiger partial charge on any atom is -0.468 e. The highest BCUT2D eigenvalue weighted by Gasteiger charge is 2.17. The van der Waals surface area contributed by atoms with Crippen molar-refractivity contribution in [2.45, 2.75) is 6.92 Å². The van der Waals surface area contributed by atoms with Crippen LogP contribution in [0.4, 0.5) is 0 Å². The van der Waals surface area contributed by atoms with Crippen molar-refractivity contribution in [3.63, 3.8) is 0 Å². The molecule has 0 amide bonds. The smallest absolute Gasteiger partial charge is 0.316 e. The van der Waals surface area contributed by atoms with Gasteiger partial charge in [0.15, 0.2) is 5.12 Å². The van der Waals surface area contributed by atoms with E-state index in [-0.39, 0.29) is 0 Å².